The van der Waals surface area contributed by atoms with Crippen LogP contribution in [0.4, 0.5) is 0 Å². The average Bonchev–Trinajstić information content (AvgIpc) is 2.65. The Balaban J connectivity index is 2.56. The van der Waals surface area contributed by atoms with Crippen molar-refractivity contribution in [1.82, 2.24) is 15.0 Å². The molecular formula is C7H10ClN3O3S2. The highest BCUT2D eigenvalue weighted by molar-refractivity contribution is 7.91. The van der Waals surface area contributed by atoms with E-state index in [1.807, 2.05) is 0 Å². The van der Waals surface area contributed by atoms with E-state index in [0.717, 1.165) is 11.3 Å². The number of nitrogens with one attached hydrogen (secondary N) is 2. The molecule has 0 fully saturated rings. The first-order chi connectivity index (χ1) is 7.45. The van der Waals surface area contributed by atoms with Gasteiger partial charge >= 0.3 is 0 Å². The quantitative estimate of drug-likeness (QED) is 0.809. The van der Waals surface area contributed by atoms with E-state index in [9.17, 15) is 13.2 Å². The van der Waals surface area contributed by atoms with Gasteiger partial charge in [-0.3, -0.25) is 4.79 Å². The maximum Gasteiger partial charge on any atom is 0.251 e. The molecule has 0 unspecified atom stereocenters. The predicted octanol–water partition coefficient (Wildman–Crippen LogP) is 0.211. The van der Waals surface area contributed by atoms with Gasteiger partial charge in [0, 0.05) is 20.0 Å². The topological polar surface area (TPSA) is 88.2 Å². The summed E-state index contributed by atoms with van der Waals surface area (Å²) in [6, 6.07) is 0. The smallest absolute Gasteiger partial charge is 0.251 e. The zero-order valence-corrected chi connectivity index (χ0v) is 10.7. The summed E-state index contributed by atoms with van der Waals surface area (Å²) < 4.78 is 25.6. The van der Waals surface area contributed by atoms with E-state index in [1.165, 1.54) is 13.2 Å². The van der Waals surface area contributed by atoms with Gasteiger partial charge in [0.1, 0.15) is 0 Å². The molecule has 0 aliphatic heterocycles. The number of rotatable bonds is 5. The summed E-state index contributed by atoms with van der Waals surface area (Å²) in [4.78, 5) is 14.5. The van der Waals surface area contributed by atoms with Crippen LogP contribution in [0, 0.1) is 0 Å². The van der Waals surface area contributed by atoms with Gasteiger partial charge in [-0.2, -0.15) is 0 Å². The monoisotopic (exact) mass is 283 g/mol. The lowest BCUT2D eigenvalue weighted by Gasteiger charge is -2.03. The van der Waals surface area contributed by atoms with Crippen molar-refractivity contribution >= 4 is 38.9 Å². The zero-order chi connectivity index (χ0) is 12.2. The number of carbonyl (C=O) groups is 1. The molecule has 1 aromatic rings. The first-order valence-corrected chi connectivity index (χ1v) is 6.95. The van der Waals surface area contributed by atoms with Gasteiger partial charge in [-0.25, -0.2) is 18.1 Å². The van der Waals surface area contributed by atoms with Crippen molar-refractivity contribution in [3.63, 3.8) is 0 Å². The molecule has 1 amide bonds. The van der Waals surface area contributed by atoms with Crippen LogP contribution in [0.3, 0.4) is 0 Å². The van der Waals surface area contributed by atoms with Crippen LogP contribution in [0.5, 0.6) is 0 Å². The lowest BCUT2D eigenvalue weighted by Crippen LogP contribution is -2.28. The van der Waals surface area contributed by atoms with Crippen molar-refractivity contribution in [2.24, 2.45) is 0 Å². The molecule has 1 heterocycles. The van der Waals surface area contributed by atoms with E-state index < -0.39 is 10.0 Å². The minimum Gasteiger partial charge on any atom is -0.359 e. The largest absolute Gasteiger partial charge is 0.359 e. The zero-order valence-electron chi connectivity index (χ0n) is 8.36. The summed E-state index contributed by atoms with van der Waals surface area (Å²) in [6.07, 6.45) is 1.26. The Labute approximate surface area is 102 Å². The van der Waals surface area contributed by atoms with Gasteiger partial charge in [0.15, 0.2) is 8.68 Å². The fourth-order valence-corrected chi connectivity index (χ4v) is 3.23. The molecule has 2 N–H and O–H groups in total. The SMILES string of the molecule is CNC(=O)CCNS(=O)(=O)c1cnc(Cl)s1. The molecule has 0 aliphatic rings. The average molecular weight is 284 g/mol. The van der Waals surface area contributed by atoms with E-state index >= 15 is 0 Å². The van der Waals surface area contributed by atoms with Crippen LogP contribution < -0.4 is 10.0 Å². The van der Waals surface area contributed by atoms with Gasteiger partial charge in [0.25, 0.3) is 10.0 Å². The first kappa shape index (κ1) is 13.4. The highest BCUT2D eigenvalue weighted by Gasteiger charge is 2.17. The summed E-state index contributed by atoms with van der Waals surface area (Å²) in [5.74, 6) is -0.231. The first-order valence-electron chi connectivity index (χ1n) is 4.27. The summed E-state index contributed by atoms with van der Waals surface area (Å²) in [6.45, 7) is 0.0392. The summed E-state index contributed by atoms with van der Waals surface area (Å²) in [5.41, 5.74) is 0. The van der Waals surface area contributed by atoms with Crippen molar-refractivity contribution < 1.29 is 13.2 Å². The van der Waals surface area contributed by atoms with Crippen LogP contribution in [0.1, 0.15) is 6.42 Å². The van der Waals surface area contributed by atoms with E-state index in [4.69, 9.17) is 11.6 Å². The molecule has 0 radical (unpaired) electrons. The molecule has 0 aromatic carbocycles. The number of sulfonamides is 1. The van der Waals surface area contributed by atoms with E-state index in [0.29, 0.717) is 0 Å². The highest BCUT2D eigenvalue weighted by atomic mass is 35.5. The van der Waals surface area contributed by atoms with Gasteiger partial charge in [0.05, 0.1) is 6.20 Å². The number of amides is 1. The van der Waals surface area contributed by atoms with Crippen LogP contribution >= 0.6 is 22.9 Å². The predicted molar refractivity (Wildman–Crippen MR) is 61.0 cm³/mol. The minimum atomic E-state index is -3.60. The Morgan fingerprint density at radius 1 is 1.62 bits per heavy atom. The van der Waals surface area contributed by atoms with E-state index in [2.05, 4.69) is 15.0 Å². The molecular weight excluding hydrogens is 274 g/mol. The molecule has 9 heteroatoms. The van der Waals surface area contributed by atoms with E-state index in [1.54, 1.807) is 0 Å². The fourth-order valence-electron chi connectivity index (χ4n) is 0.858. The third-order valence-electron chi connectivity index (χ3n) is 1.64. The van der Waals surface area contributed by atoms with Crippen LogP contribution in [-0.4, -0.2) is 32.9 Å². The molecule has 6 nitrogen and oxygen atoms in total. The molecule has 0 saturated heterocycles. The lowest BCUT2D eigenvalue weighted by molar-refractivity contribution is -0.120. The van der Waals surface area contributed by atoms with Gasteiger partial charge < -0.3 is 5.32 Å². The third-order valence-corrected chi connectivity index (χ3v) is 4.68. The molecule has 0 saturated carbocycles. The fraction of sp³-hybridized carbons (Fsp3) is 0.429. The summed E-state index contributed by atoms with van der Waals surface area (Å²) in [5, 5.41) is 2.39. The van der Waals surface area contributed by atoms with Gasteiger partial charge in [-0.05, 0) is 0 Å². The Kier molecular flexibility index (Phi) is 4.66. The molecule has 90 valence electrons. The molecule has 0 bridgehead atoms. The number of hydrogen-bond donors (Lipinski definition) is 2. The summed E-state index contributed by atoms with van der Waals surface area (Å²) in [7, 11) is -2.12. The van der Waals surface area contributed by atoms with Crippen LogP contribution in [-0.2, 0) is 14.8 Å². The number of nitrogens with zero attached hydrogens (tertiary/aromatic N) is 1. The minimum absolute atomic E-state index is 0.0365. The molecule has 0 atom stereocenters. The Bertz CT molecular complexity index is 471. The molecule has 0 aliphatic carbocycles. The number of halogens is 1. The van der Waals surface area contributed by atoms with Crippen molar-refractivity contribution in [3.05, 3.63) is 10.7 Å². The molecule has 16 heavy (non-hydrogen) atoms. The van der Waals surface area contributed by atoms with Gasteiger partial charge in [0.2, 0.25) is 5.91 Å². The maximum atomic E-state index is 11.6. The van der Waals surface area contributed by atoms with Crippen molar-refractivity contribution in [1.29, 1.82) is 0 Å². The van der Waals surface area contributed by atoms with Gasteiger partial charge in [-0.1, -0.05) is 22.9 Å². The highest BCUT2D eigenvalue weighted by Crippen LogP contribution is 2.21. The number of carbonyl (C=O) groups excluding carboxylic acids is 1. The second kappa shape index (κ2) is 5.58. The van der Waals surface area contributed by atoms with Crippen LogP contribution in [0.25, 0.3) is 0 Å². The Morgan fingerprint density at radius 2 is 2.31 bits per heavy atom. The molecule has 1 aromatic heterocycles. The third kappa shape index (κ3) is 3.71. The normalized spacial score (nSPS) is 11.4. The van der Waals surface area contributed by atoms with E-state index in [-0.39, 0.29) is 27.5 Å². The Hall–Kier alpha value is -0.700. The number of aromatic nitrogens is 1. The lowest BCUT2D eigenvalue weighted by atomic mass is 10.4. The van der Waals surface area contributed by atoms with Crippen molar-refractivity contribution in [3.8, 4) is 0 Å². The van der Waals surface area contributed by atoms with Crippen molar-refractivity contribution in [2.75, 3.05) is 13.6 Å². The number of thiazole rings is 1. The summed E-state index contributed by atoms with van der Waals surface area (Å²) >= 11 is 6.39. The molecule has 1 rings (SSSR count). The maximum absolute atomic E-state index is 11.6. The standard InChI is InChI=1S/C7H10ClN3O3S2/c1-9-5(12)2-3-11-16(13,14)6-4-10-7(8)15-6/h4,11H,2-3H2,1H3,(H,9,12). The van der Waals surface area contributed by atoms with Crippen molar-refractivity contribution in [2.45, 2.75) is 10.6 Å². The molecule has 0 spiro atoms. The van der Waals surface area contributed by atoms with Crippen LogP contribution in [0.2, 0.25) is 4.47 Å². The van der Waals surface area contributed by atoms with Crippen LogP contribution in [0.15, 0.2) is 10.4 Å². The van der Waals surface area contributed by atoms with Gasteiger partial charge in [-0.15, -0.1) is 0 Å². The number of hydrogen-bond acceptors (Lipinski definition) is 5. The second-order valence-electron chi connectivity index (χ2n) is 2.75. The Morgan fingerprint density at radius 3 is 2.81 bits per heavy atom. The second-order valence-corrected chi connectivity index (χ2v) is 6.36.